The Morgan fingerprint density at radius 2 is 2.00 bits per heavy atom. The molecule has 1 aliphatic heterocycles. The van der Waals surface area contributed by atoms with Gasteiger partial charge in [0.25, 0.3) is 0 Å². The zero-order chi connectivity index (χ0) is 13.5. The van der Waals surface area contributed by atoms with Crippen molar-refractivity contribution in [3.8, 4) is 0 Å². The molecule has 0 aromatic heterocycles. The highest BCUT2D eigenvalue weighted by Gasteiger charge is 2.15. The number of hydrogen-bond donors (Lipinski definition) is 1. The molecular formula is C15H24ClN3O. The molecule has 1 aliphatic rings. The fraction of sp³-hybridized carbons (Fsp3) is 0.533. The lowest BCUT2D eigenvalue weighted by molar-refractivity contribution is -0.131. The van der Waals surface area contributed by atoms with E-state index in [-0.39, 0.29) is 18.3 Å². The minimum absolute atomic E-state index is 0. The highest BCUT2D eigenvalue weighted by Crippen LogP contribution is 2.04. The van der Waals surface area contributed by atoms with Crippen LogP contribution in [0.15, 0.2) is 30.3 Å². The van der Waals surface area contributed by atoms with Crippen molar-refractivity contribution in [1.29, 1.82) is 0 Å². The van der Waals surface area contributed by atoms with Gasteiger partial charge in [-0.1, -0.05) is 30.3 Å². The lowest BCUT2D eigenvalue weighted by Crippen LogP contribution is -2.39. The van der Waals surface area contributed by atoms with Gasteiger partial charge in [0.05, 0.1) is 6.54 Å². The first-order chi connectivity index (χ1) is 9.25. The Balaban J connectivity index is 0.00000200. The van der Waals surface area contributed by atoms with E-state index in [2.05, 4.69) is 22.3 Å². The SMILES string of the molecule is CN(Cc1ccccc1)C(=O)CN1CCCNCC1.Cl. The highest BCUT2D eigenvalue weighted by molar-refractivity contribution is 5.85. The van der Waals surface area contributed by atoms with Gasteiger partial charge < -0.3 is 10.2 Å². The van der Waals surface area contributed by atoms with Crippen LogP contribution >= 0.6 is 12.4 Å². The van der Waals surface area contributed by atoms with Crippen LogP contribution in [0.2, 0.25) is 0 Å². The van der Waals surface area contributed by atoms with Gasteiger partial charge in [0, 0.05) is 26.7 Å². The maximum Gasteiger partial charge on any atom is 0.236 e. The van der Waals surface area contributed by atoms with E-state index < -0.39 is 0 Å². The van der Waals surface area contributed by atoms with Crippen molar-refractivity contribution in [1.82, 2.24) is 15.1 Å². The summed E-state index contributed by atoms with van der Waals surface area (Å²) < 4.78 is 0. The fourth-order valence-corrected chi connectivity index (χ4v) is 2.32. The molecule has 4 nitrogen and oxygen atoms in total. The number of rotatable bonds is 4. The minimum Gasteiger partial charge on any atom is -0.340 e. The number of likely N-dealkylation sites (N-methyl/N-ethyl adjacent to an activating group) is 1. The zero-order valence-corrected chi connectivity index (χ0v) is 12.9. The van der Waals surface area contributed by atoms with Gasteiger partial charge in [-0.3, -0.25) is 9.69 Å². The third kappa shape index (κ3) is 5.49. The van der Waals surface area contributed by atoms with Gasteiger partial charge in [0.15, 0.2) is 0 Å². The predicted octanol–water partition coefficient (Wildman–Crippen LogP) is 1.36. The fourth-order valence-electron chi connectivity index (χ4n) is 2.32. The van der Waals surface area contributed by atoms with Crippen LogP contribution in [0.4, 0.5) is 0 Å². The molecule has 20 heavy (non-hydrogen) atoms. The molecule has 1 aromatic carbocycles. The number of halogens is 1. The molecule has 1 saturated heterocycles. The molecule has 0 aliphatic carbocycles. The molecule has 1 aromatic rings. The number of benzene rings is 1. The molecule has 5 heteroatoms. The van der Waals surface area contributed by atoms with Gasteiger partial charge in [-0.05, 0) is 25.1 Å². The van der Waals surface area contributed by atoms with E-state index in [9.17, 15) is 4.79 Å². The second-order valence-electron chi connectivity index (χ2n) is 5.12. The molecule has 1 heterocycles. The summed E-state index contributed by atoms with van der Waals surface area (Å²) in [6.45, 7) is 5.24. The summed E-state index contributed by atoms with van der Waals surface area (Å²) in [6.07, 6.45) is 1.12. The lowest BCUT2D eigenvalue weighted by atomic mass is 10.2. The molecule has 0 saturated carbocycles. The Labute approximate surface area is 127 Å². The molecule has 0 unspecified atom stereocenters. The average molecular weight is 298 g/mol. The monoisotopic (exact) mass is 297 g/mol. The predicted molar refractivity (Wildman–Crippen MR) is 84.1 cm³/mol. The Hall–Kier alpha value is -1.10. The summed E-state index contributed by atoms with van der Waals surface area (Å²) in [6, 6.07) is 10.1. The first kappa shape index (κ1) is 17.0. The standard InChI is InChI=1S/C15H23N3O.ClH/c1-17(12-14-6-3-2-4-7-14)15(19)13-18-10-5-8-16-9-11-18;/h2-4,6-7,16H,5,8-13H2,1H3;1H. The number of nitrogens with one attached hydrogen (secondary N) is 1. The smallest absolute Gasteiger partial charge is 0.236 e. The number of nitrogens with zero attached hydrogens (tertiary/aromatic N) is 2. The Bertz CT molecular complexity index is 391. The molecule has 2 rings (SSSR count). The molecule has 0 bridgehead atoms. The van der Waals surface area contributed by atoms with Crippen LogP contribution in [0.5, 0.6) is 0 Å². The van der Waals surface area contributed by atoms with Gasteiger partial charge in [-0.25, -0.2) is 0 Å². The van der Waals surface area contributed by atoms with Crippen molar-refractivity contribution in [3.63, 3.8) is 0 Å². The van der Waals surface area contributed by atoms with Crippen LogP contribution in [0.25, 0.3) is 0 Å². The second-order valence-corrected chi connectivity index (χ2v) is 5.12. The van der Waals surface area contributed by atoms with E-state index in [0.29, 0.717) is 13.1 Å². The second kappa shape index (κ2) is 8.95. The Morgan fingerprint density at radius 1 is 1.25 bits per heavy atom. The summed E-state index contributed by atoms with van der Waals surface area (Å²) in [7, 11) is 1.88. The third-order valence-electron chi connectivity index (χ3n) is 3.48. The molecule has 0 radical (unpaired) electrons. The van der Waals surface area contributed by atoms with Crippen molar-refractivity contribution in [2.45, 2.75) is 13.0 Å². The number of amides is 1. The van der Waals surface area contributed by atoms with Crippen molar-refractivity contribution in [3.05, 3.63) is 35.9 Å². The maximum atomic E-state index is 12.2. The molecular weight excluding hydrogens is 274 g/mol. The lowest BCUT2D eigenvalue weighted by Gasteiger charge is -2.23. The topological polar surface area (TPSA) is 35.6 Å². The maximum absolute atomic E-state index is 12.2. The normalized spacial score (nSPS) is 16.1. The van der Waals surface area contributed by atoms with Crippen LogP contribution in [0.3, 0.4) is 0 Å². The largest absolute Gasteiger partial charge is 0.340 e. The van der Waals surface area contributed by atoms with Crippen LogP contribution in [0, 0.1) is 0 Å². The minimum atomic E-state index is 0. The quantitative estimate of drug-likeness (QED) is 0.911. The molecule has 0 spiro atoms. The van der Waals surface area contributed by atoms with Crippen molar-refractivity contribution in [2.24, 2.45) is 0 Å². The van der Waals surface area contributed by atoms with Crippen LogP contribution in [0.1, 0.15) is 12.0 Å². The van der Waals surface area contributed by atoms with Gasteiger partial charge in [0.1, 0.15) is 0 Å². The molecule has 1 N–H and O–H groups in total. The van der Waals surface area contributed by atoms with Crippen LogP contribution in [-0.2, 0) is 11.3 Å². The summed E-state index contributed by atoms with van der Waals surface area (Å²) in [4.78, 5) is 16.2. The van der Waals surface area contributed by atoms with Crippen molar-refractivity contribution in [2.75, 3.05) is 39.8 Å². The van der Waals surface area contributed by atoms with Gasteiger partial charge in [-0.15, -0.1) is 12.4 Å². The summed E-state index contributed by atoms with van der Waals surface area (Å²) in [5.74, 6) is 0.200. The van der Waals surface area contributed by atoms with E-state index in [1.54, 1.807) is 0 Å². The van der Waals surface area contributed by atoms with E-state index >= 15 is 0 Å². The van der Waals surface area contributed by atoms with Crippen molar-refractivity contribution >= 4 is 18.3 Å². The summed E-state index contributed by atoms with van der Waals surface area (Å²) >= 11 is 0. The third-order valence-corrected chi connectivity index (χ3v) is 3.48. The Kier molecular flexibility index (Phi) is 7.59. The van der Waals surface area contributed by atoms with Gasteiger partial charge in [-0.2, -0.15) is 0 Å². The first-order valence-electron chi connectivity index (χ1n) is 6.96. The highest BCUT2D eigenvalue weighted by atomic mass is 35.5. The van der Waals surface area contributed by atoms with E-state index in [1.807, 2.05) is 30.1 Å². The number of carbonyl (C=O) groups excluding carboxylic acids is 1. The van der Waals surface area contributed by atoms with E-state index in [0.717, 1.165) is 32.6 Å². The average Bonchev–Trinajstić information content (AvgIpc) is 2.68. The molecule has 0 atom stereocenters. The van der Waals surface area contributed by atoms with Gasteiger partial charge in [0.2, 0.25) is 5.91 Å². The van der Waals surface area contributed by atoms with Crippen molar-refractivity contribution < 1.29 is 4.79 Å². The number of carbonyl (C=O) groups is 1. The van der Waals surface area contributed by atoms with E-state index in [4.69, 9.17) is 0 Å². The van der Waals surface area contributed by atoms with Crippen LogP contribution in [-0.4, -0.2) is 55.5 Å². The Morgan fingerprint density at radius 3 is 2.75 bits per heavy atom. The summed E-state index contributed by atoms with van der Waals surface area (Å²) in [5.41, 5.74) is 1.18. The molecule has 1 fully saturated rings. The summed E-state index contributed by atoms with van der Waals surface area (Å²) in [5, 5.41) is 3.35. The zero-order valence-electron chi connectivity index (χ0n) is 12.0. The van der Waals surface area contributed by atoms with E-state index in [1.165, 1.54) is 5.56 Å². The van der Waals surface area contributed by atoms with Crippen LogP contribution < -0.4 is 5.32 Å². The van der Waals surface area contributed by atoms with Gasteiger partial charge >= 0.3 is 0 Å². The number of hydrogen-bond acceptors (Lipinski definition) is 3. The molecule has 1 amide bonds. The molecule has 112 valence electrons. The first-order valence-corrected chi connectivity index (χ1v) is 6.96.